The largest absolute Gasteiger partial charge is 0.467 e. The predicted molar refractivity (Wildman–Crippen MR) is 89.9 cm³/mol. The number of nitrogens with one attached hydrogen (secondary N) is 1. The van der Waals surface area contributed by atoms with Crippen molar-refractivity contribution in [1.29, 1.82) is 0 Å². The van der Waals surface area contributed by atoms with Crippen molar-refractivity contribution in [1.82, 2.24) is 25.5 Å². The molecule has 1 N–H and O–H groups in total. The van der Waals surface area contributed by atoms with Gasteiger partial charge in [-0.3, -0.25) is 4.79 Å². The lowest BCUT2D eigenvalue weighted by atomic mass is 10.1. The number of thioether (sulfide) groups is 1. The first-order valence-electron chi connectivity index (χ1n) is 7.41. The monoisotopic (exact) mass is 343 g/mol. The van der Waals surface area contributed by atoms with E-state index in [1.54, 1.807) is 17.0 Å². The minimum absolute atomic E-state index is 0.105. The first kappa shape index (κ1) is 16.3. The SMILES string of the molecule is Cc1ccc(C)c(-n2nnnc2SCC(=O)NCc2ccco2)c1. The Kier molecular flexibility index (Phi) is 4.95. The summed E-state index contributed by atoms with van der Waals surface area (Å²) in [6.07, 6.45) is 1.58. The Morgan fingerprint density at radius 1 is 1.33 bits per heavy atom. The zero-order valence-corrected chi connectivity index (χ0v) is 14.2. The Balaban J connectivity index is 1.63. The summed E-state index contributed by atoms with van der Waals surface area (Å²) in [7, 11) is 0. The van der Waals surface area contributed by atoms with E-state index >= 15 is 0 Å². The summed E-state index contributed by atoms with van der Waals surface area (Å²) in [5.41, 5.74) is 3.11. The zero-order chi connectivity index (χ0) is 16.9. The minimum Gasteiger partial charge on any atom is -0.467 e. The predicted octanol–water partition coefficient (Wildman–Crippen LogP) is 2.28. The van der Waals surface area contributed by atoms with Crippen molar-refractivity contribution in [2.45, 2.75) is 25.5 Å². The highest BCUT2D eigenvalue weighted by molar-refractivity contribution is 7.99. The van der Waals surface area contributed by atoms with Crippen LogP contribution in [0.1, 0.15) is 16.9 Å². The maximum absolute atomic E-state index is 12.0. The van der Waals surface area contributed by atoms with E-state index in [0.717, 1.165) is 16.8 Å². The normalized spacial score (nSPS) is 10.8. The number of aromatic nitrogens is 4. The Hall–Kier alpha value is -2.61. The van der Waals surface area contributed by atoms with Crippen LogP contribution >= 0.6 is 11.8 Å². The average molecular weight is 343 g/mol. The molecule has 1 amide bonds. The number of benzene rings is 1. The van der Waals surface area contributed by atoms with Gasteiger partial charge >= 0.3 is 0 Å². The van der Waals surface area contributed by atoms with Gasteiger partial charge in [-0.15, -0.1) is 5.10 Å². The third-order valence-corrected chi connectivity index (χ3v) is 4.33. The number of hydrogen-bond donors (Lipinski definition) is 1. The molecule has 2 aromatic heterocycles. The first-order chi connectivity index (χ1) is 11.6. The summed E-state index contributed by atoms with van der Waals surface area (Å²) >= 11 is 1.29. The van der Waals surface area contributed by atoms with E-state index in [4.69, 9.17) is 4.42 Å². The first-order valence-corrected chi connectivity index (χ1v) is 8.40. The number of furan rings is 1. The fourth-order valence-corrected chi connectivity index (χ4v) is 2.86. The highest BCUT2D eigenvalue weighted by atomic mass is 32.2. The Labute approximate surface area is 143 Å². The van der Waals surface area contributed by atoms with Crippen molar-refractivity contribution >= 4 is 17.7 Å². The van der Waals surface area contributed by atoms with Gasteiger partial charge in [0.2, 0.25) is 11.1 Å². The fourth-order valence-electron chi connectivity index (χ4n) is 2.15. The molecular formula is C16H17N5O2S. The molecule has 2 heterocycles. The van der Waals surface area contributed by atoms with Gasteiger partial charge in [0.05, 0.1) is 24.2 Å². The number of nitrogens with zero attached hydrogens (tertiary/aromatic N) is 4. The molecule has 0 bridgehead atoms. The van der Waals surface area contributed by atoms with E-state index < -0.39 is 0 Å². The van der Waals surface area contributed by atoms with Gasteiger partial charge in [0.1, 0.15) is 5.76 Å². The molecule has 0 saturated heterocycles. The number of hydrogen-bond acceptors (Lipinski definition) is 6. The van der Waals surface area contributed by atoms with Crippen LogP contribution in [0.3, 0.4) is 0 Å². The molecular weight excluding hydrogens is 326 g/mol. The molecule has 24 heavy (non-hydrogen) atoms. The lowest BCUT2D eigenvalue weighted by Gasteiger charge is -2.08. The zero-order valence-electron chi connectivity index (χ0n) is 13.4. The maximum Gasteiger partial charge on any atom is 0.230 e. The number of tetrazole rings is 1. The van der Waals surface area contributed by atoms with Crippen LogP contribution in [0.5, 0.6) is 0 Å². The van der Waals surface area contributed by atoms with Crippen molar-refractivity contribution in [2.24, 2.45) is 0 Å². The third-order valence-electron chi connectivity index (χ3n) is 3.41. The van der Waals surface area contributed by atoms with E-state index in [-0.39, 0.29) is 11.7 Å². The molecule has 1 aromatic carbocycles. The maximum atomic E-state index is 12.0. The highest BCUT2D eigenvalue weighted by Gasteiger charge is 2.13. The average Bonchev–Trinajstić information content (AvgIpc) is 3.24. The summed E-state index contributed by atoms with van der Waals surface area (Å²) < 4.78 is 6.84. The number of carbonyl (C=O) groups excluding carboxylic acids is 1. The van der Waals surface area contributed by atoms with E-state index in [1.165, 1.54) is 11.8 Å². The molecule has 124 valence electrons. The molecule has 0 radical (unpaired) electrons. The molecule has 0 unspecified atom stereocenters. The van der Waals surface area contributed by atoms with Gasteiger partial charge in [-0.05, 0) is 53.6 Å². The summed E-state index contributed by atoms with van der Waals surface area (Å²) in [5, 5.41) is 15.2. The van der Waals surface area contributed by atoms with Crippen molar-refractivity contribution in [2.75, 3.05) is 5.75 Å². The van der Waals surface area contributed by atoms with E-state index in [2.05, 4.69) is 20.8 Å². The summed E-state index contributed by atoms with van der Waals surface area (Å²) in [6, 6.07) is 9.69. The van der Waals surface area contributed by atoms with Crippen LogP contribution in [0.25, 0.3) is 5.69 Å². The number of rotatable bonds is 6. The minimum atomic E-state index is -0.105. The van der Waals surface area contributed by atoms with Crippen molar-refractivity contribution in [3.8, 4) is 5.69 Å². The standard InChI is InChI=1S/C16H17N5O2S/c1-11-5-6-12(2)14(8-11)21-16(18-19-20-21)24-10-15(22)17-9-13-4-3-7-23-13/h3-8H,9-10H2,1-2H3,(H,17,22). The topological polar surface area (TPSA) is 85.8 Å². The smallest absolute Gasteiger partial charge is 0.230 e. The van der Waals surface area contributed by atoms with Crippen LogP contribution in [0.15, 0.2) is 46.2 Å². The molecule has 3 rings (SSSR count). The highest BCUT2D eigenvalue weighted by Crippen LogP contribution is 2.21. The second-order valence-corrected chi connectivity index (χ2v) is 6.25. The quantitative estimate of drug-likeness (QED) is 0.691. The van der Waals surface area contributed by atoms with Crippen LogP contribution in [-0.4, -0.2) is 31.9 Å². The lowest BCUT2D eigenvalue weighted by Crippen LogP contribution is -2.24. The van der Waals surface area contributed by atoms with Crippen LogP contribution in [0.2, 0.25) is 0 Å². The third kappa shape index (κ3) is 3.83. The van der Waals surface area contributed by atoms with Crippen molar-refractivity contribution < 1.29 is 9.21 Å². The molecule has 0 aliphatic carbocycles. The molecule has 0 saturated carbocycles. The summed E-state index contributed by atoms with van der Waals surface area (Å²) in [5.74, 6) is 0.840. The molecule has 7 nitrogen and oxygen atoms in total. The van der Waals surface area contributed by atoms with Gasteiger partial charge in [0.15, 0.2) is 0 Å². The number of aryl methyl sites for hydroxylation is 2. The van der Waals surface area contributed by atoms with Gasteiger partial charge in [-0.2, -0.15) is 4.68 Å². The number of carbonyl (C=O) groups is 1. The second-order valence-electron chi connectivity index (χ2n) is 5.31. The molecule has 0 atom stereocenters. The van der Waals surface area contributed by atoms with Gasteiger partial charge in [0.25, 0.3) is 0 Å². The Morgan fingerprint density at radius 3 is 3.00 bits per heavy atom. The van der Waals surface area contributed by atoms with E-state index in [9.17, 15) is 4.79 Å². The van der Waals surface area contributed by atoms with Crippen LogP contribution < -0.4 is 5.32 Å². The molecule has 0 spiro atoms. The second kappa shape index (κ2) is 7.31. The van der Waals surface area contributed by atoms with Crippen LogP contribution in [-0.2, 0) is 11.3 Å². The van der Waals surface area contributed by atoms with Gasteiger partial charge in [-0.1, -0.05) is 23.9 Å². The number of amides is 1. The van der Waals surface area contributed by atoms with Crippen LogP contribution in [0.4, 0.5) is 0 Å². The van der Waals surface area contributed by atoms with Crippen molar-refractivity contribution in [3.05, 3.63) is 53.5 Å². The summed E-state index contributed by atoms with van der Waals surface area (Å²) in [4.78, 5) is 12.0. The molecule has 0 aliphatic rings. The van der Waals surface area contributed by atoms with E-state index in [1.807, 2.05) is 38.1 Å². The Morgan fingerprint density at radius 2 is 2.21 bits per heavy atom. The fraction of sp³-hybridized carbons (Fsp3) is 0.250. The van der Waals surface area contributed by atoms with Crippen LogP contribution in [0, 0.1) is 13.8 Å². The van der Waals surface area contributed by atoms with Gasteiger partial charge in [-0.25, -0.2) is 0 Å². The Bertz CT molecular complexity index is 829. The summed E-state index contributed by atoms with van der Waals surface area (Å²) in [6.45, 7) is 4.39. The molecule has 8 heteroatoms. The molecule has 3 aromatic rings. The lowest BCUT2D eigenvalue weighted by molar-refractivity contribution is -0.118. The van der Waals surface area contributed by atoms with Gasteiger partial charge in [0, 0.05) is 0 Å². The van der Waals surface area contributed by atoms with E-state index in [0.29, 0.717) is 17.5 Å². The van der Waals surface area contributed by atoms with Crippen molar-refractivity contribution in [3.63, 3.8) is 0 Å². The molecule has 0 aliphatic heterocycles. The molecule has 0 fully saturated rings. The van der Waals surface area contributed by atoms with Gasteiger partial charge < -0.3 is 9.73 Å².